The van der Waals surface area contributed by atoms with E-state index in [2.05, 4.69) is 10.6 Å². The maximum absolute atomic E-state index is 12.2. The third-order valence-corrected chi connectivity index (χ3v) is 4.75. The first kappa shape index (κ1) is 16.7. The van der Waals surface area contributed by atoms with Crippen LogP contribution in [0.3, 0.4) is 0 Å². The minimum Gasteiger partial charge on any atom is -0.352 e. The molecule has 2 fully saturated rings. The summed E-state index contributed by atoms with van der Waals surface area (Å²) in [6.45, 7) is 2.18. The van der Waals surface area contributed by atoms with Gasteiger partial charge in [-0.25, -0.2) is 0 Å². The molecule has 1 spiro atoms. The number of carbonyl (C=O) groups is 1. The number of hydrogen-bond acceptors (Lipinski definition) is 4. The highest BCUT2D eigenvalue weighted by Crippen LogP contribution is 2.58. The topological polar surface area (TPSA) is 84.3 Å². The molecule has 1 aliphatic heterocycles. The maximum Gasteiger partial charge on any atom is 0.274 e. The third kappa shape index (κ3) is 3.23. The second kappa shape index (κ2) is 6.62. The molecule has 1 saturated heterocycles. The highest BCUT2D eigenvalue weighted by Gasteiger charge is 2.57. The Morgan fingerprint density at radius 1 is 1.36 bits per heavy atom. The van der Waals surface area contributed by atoms with Gasteiger partial charge in [0.2, 0.25) is 5.91 Å². The number of rotatable bonds is 4. The van der Waals surface area contributed by atoms with Crippen molar-refractivity contribution in [2.75, 3.05) is 13.1 Å². The Hall–Kier alpha value is -1.66. The Balaban J connectivity index is 0.00000176. The first-order valence-electron chi connectivity index (χ1n) is 7.33. The minimum atomic E-state index is -0.410. The average molecular weight is 326 g/mol. The highest BCUT2D eigenvalue weighted by atomic mass is 35.5. The summed E-state index contributed by atoms with van der Waals surface area (Å²) in [5.74, 6) is 0.123. The number of nitrogens with zero attached hydrogens (tertiary/aromatic N) is 1. The summed E-state index contributed by atoms with van der Waals surface area (Å²) < 4.78 is 0. The zero-order valence-electron chi connectivity index (χ0n) is 12.2. The van der Waals surface area contributed by atoms with Gasteiger partial charge in [0.15, 0.2) is 0 Å². The Bertz CT molecular complexity index is 573. The van der Waals surface area contributed by atoms with Crippen LogP contribution in [-0.4, -0.2) is 23.9 Å². The van der Waals surface area contributed by atoms with Gasteiger partial charge in [-0.2, -0.15) is 0 Å². The van der Waals surface area contributed by atoms with Crippen LogP contribution in [0.4, 0.5) is 5.69 Å². The van der Waals surface area contributed by atoms with Gasteiger partial charge in [-0.1, -0.05) is 18.2 Å². The van der Waals surface area contributed by atoms with Gasteiger partial charge >= 0.3 is 0 Å². The molecule has 0 bridgehead atoms. The summed E-state index contributed by atoms with van der Waals surface area (Å²) in [7, 11) is 0. The fraction of sp³-hybridized carbons (Fsp3) is 0.533. The zero-order chi connectivity index (χ0) is 14.9. The molecule has 120 valence electrons. The lowest BCUT2D eigenvalue weighted by molar-refractivity contribution is -0.385. The molecule has 1 atom stereocenters. The van der Waals surface area contributed by atoms with E-state index in [1.807, 2.05) is 0 Å². The van der Waals surface area contributed by atoms with Crippen LogP contribution in [-0.2, 0) is 11.3 Å². The Morgan fingerprint density at radius 3 is 2.73 bits per heavy atom. The predicted octanol–water partition coefficient (Wildman–Crippen LogP) is 2.02. The molecule has 2 N–H and O–H groups in total. The standard InChI is InChI=1S/C15H19N3O3.ClH/c19-14(12-9-15(12)5-7-16-8-6-15)17-10-11-3-1-2-4-13(11)18(20)21;/h1-4,12,16H,5-10H2,(H,17,19);1H. The van der Waals surface area contributed by atoms with Crippen LogP contribution in [0.25, 0.3) is 0 Å². The highest BCUT2D eigenvalue weighted by molar-refractivity contribution is 5.85. The van der Waals surface area contributed by atoms with Crippen molar-refractivity contribution in [3.05, 3.63) is 39.9 Å². The van der Waals surface area contributed by atoms with Gasteiger partial charge in [-0.05, 0) is 37.8 Å². The monoisotopic (exact) mass is 325 g/mol. The number of carbonyl (C=O) groups excluding carboxylic acids is 1. The van der Waals surface area contributed by atoms with Gasteiger partial charge in [-0.15, -0.1) is 12.4 Å². The fourth-order valence-electron chi connectivity index (χ4n) is 3.34. The number of halogens is 1. The Labute approximate surface area is 135 Å². The van der Waals surface area contributed by atoms with E-state index < -0.39 is 4.92 Å². The van der Waals surface area contributed by atoms with Crippen molar-refractivity contribution in [3.8, 4) is 0 Å². The van der Waals surface area contributed by atoms with E-state index in [1.165, 1.54) is 6.07 Å². The van der Waals surface area contributed by atoms with Crippen molar-refractivity contribution < 1.29 is 9.72 Å². The normalized spacial score (nSPS) is 21.7. The third-order valence-electron chi connectivity index (χ3n) is 4.75. The lowest BCUT2D eigenvalue weighted by atomic mass is 9.92. The van der Waals surface area contributed by atoms with E-state index in [4.69, 9.17) is 0 Å². The zero-order valence-corrected chi connectivity index (χ0v) is 13.0. The molecule has 1 aromatic rings. The number of nitro groups is 1. The molecule has 6 nitrogen and oxygen atoms in total. The van der Waals surface area contributed by atoms with Gasteiger partial charge in [0, 0.05) is 24.1 Å². The van der Waals surface area contributed by atoms with Crippen molar-refractivity contribution in [1.29, 1.82) is 0 Å². The van der Waals surface area contributed by atoms with Gasteiger partial charge in [0.1, 0.15) is 0 Å². The number of nitrogens with one attached hydrogen (secondary N) is 2. The molecule has 1 heterocycles. The summed E-state index contributed by atoms with van der Waals surface area (Å²) in [6.07, 6.45) is 3.06. The number of nitro benzene ring substituents is 1. The Morgan fingerprint density at radius 2 is 2.05 bits per heavy atom. The van der Waals surface area contributed by atoms with E-state index >= 15 is 0 Å². The maximum atomic E-state index is 12.2. The van der Waals surface area contributed by atoms with Crippen molar-refractivity contribution >= 4 is 24.0 Å². The van der Waals surface area contributed by atoms with Crippen LogP contribution < -0.4 is 10.6 Å². The number of para-hydroxylation sites is 1. The largest absolute Gasteiger partial charge is 0.352 e. The second-order valence-corrected chi connectivity index (χ2v) is 5.97. The summed E-state index contributed by atoms with van der Waals surface area (Å²) in [5, 5.41) is 17.1. The molecule has 22 heavy (non-hydrogen) atoms. The minimum absolute atomic E-state index is 0. The van der Waals surface area contributed by atoms with Crippen molar-refractivity contribution in [2.45, 2.75) is 25.8 Å². The number of piperidine rings is 1. The first-order chi connectivity index (χ1) is 10.1. The molecule has 1 saturated carbocycles. The molecule has 0 radical (unpaired) electrons. The summed E-state index contributed by atoms with van der Waals surface area (Å²) >= 11 is 0. The van der Waals surface area contributed by atoms with E-state index in [1.54, 1.807) is 18.2 Å². The summed E-state index contributed by atoms with van der Waals surface area (Å²) in [6, 6.07) is 6.53. The van der Waals surface area contributed by atoms with Gasteiger partial charge in [0.25, 0.3) is 5.69 Å². The fourth-order valence-corrected chi connectivity index (χ4v) is 3.34. The van der Waals surface area contributed by atoms with Gasteiger partial charge < -0.3 is 10.6 Å². The molecule has 2 aliphatic rings. The smallest absolute Gasteiger partial charge is 0.274 e. The molecule has 3 rings (SSSR count). The number of amides is 1. The average Bonchev–Trinajstić information content (AvgIpc) is 3.19. The van der Waals surface area contributed by atoms with Crippen LogP contribution in [0.2, 0.25) is 0 Å². The quantitative estimate of drug-likeness (QED) is 0.655. The van der Waals surface area contributed by atoms with Crippen LogP contribution in [0.5, 0.6) is 0 Å². The Kier molecular flexibility index (Phi) is 5.03. The van der Waals surface area contributed by atoms with Crippen molar-refractivity contribution in [2.24, 2.45) is 11.3 Å². The van der Waals surface area contributed by atoms with E-state index in [9.17, 15) is 14.9 Å². The van der Waals surface area contributed by atoms with E-state index in [0.717, 1.165) is 32.4 Å². The summed E-state index contributed by atoms with van der Waals surface area (Å²) in [5.41, 5.74) is 0.804. The predicted molar refractivity (Wildman–Crippen MR) is 84.8 cm³/mol. The molecule has 0 aromatic heterocycles. The van der Waals surface area contributed by atoms with Crippen LogP contribution in [0.15, 0.2) is 24.3 Å². The van der Waals surface area contributed by atoms with Crippen LogP contribution in [0, 0.1) is 21.4 Å². The molecule has 1 aromatic carbocycles. The molecule has 1 amide bonds. The number of hydrogen-bond donors (Lipinski definition) is 2. The van der Waals surface area contributed by atoms with E-state index in [-0.39, 0.29) is 41.9 Å². The molecular weight excluding hydrogens is 306 g/mol. The molecular formula is C15H20ClN3O3. The van der Waals surface area contributed by atoms with E-state index in [0.29, 0.717) is 5.56 Å². The first-order valence-corrected chi connectivity index (χ1v) is 7.33. The lowest BCUT2D eigenvalue weighted by Gasteiger charge is -2.23. The number of benzene rings is 1. The van der Waals surface area contributed by atoms with Crippen molar-refractivity contribution in [3.63, 3.8) is 0 Å². The lowest BCUT2D eigenvalue weighted by Crippen LogP contribution is -2.33. The van der Waals surface area contributed by atoms with Gasteiger partial charge in [-0.3, -0.25) is 14.9 Å². The molecule has 1 aliphatic carbocycles. The van der Waals surface area contributed by atoms with Crippen LogP contribution >= 0.6 is 12.4 Å². The SMILES string of the molecule is Cl.O=C(NCc1ccccc1[N+](=O)[O-])C1CC12CCNCC2. The summed E-state index contributed by atoms with van der Waals surface area (Å²) in [4.78, 5) is 22.8. The van der Waals surface area contributed by atoms with Crippen LogP contribution in [0.1, 0.15) is 24.8 Å². The molecule has 1 unspecified atom stereocenters. The second-order valence-electron chi connectivity index (χ2n) is 5.97. The van der Waals surface area contributed by atoms with Crippen molar-refractivity contribution in [1.82, 2.24) is 10.6 Å². The van der Waals surface area contributed by atoms with Gasteiger partial charge in [0.05, 0.1) is 4.92 Å². The molecule has 7 heteroatoms.